The number of guanidine groups is 1. The number of hydrogen-bond donors (Lipinski definition) is 3. The van der Waals surface area contributed by atoms with E-state index in [1.807, 2.05) is 0 Å². The number of hydrogen-bond acceptors (Lipinski definition) is 5. The molecule has 2 aromatic carbocycles. The second kappa shape index (κ2) is 7.78. The normalized spacial score (nSPS) is 12.4. The molecule has 9 nitrogen and oxygen atoms in total. The Balaban J connectivity index is 1.66. The van der Waals surface area contributed by atoms with Gasteiger partial charge in [-0.25, -0.2) is 9.79 Å². The summed E-state index contributed by atoms with van der Waals surface area (Å²) in [5.41, 5.74) is 12.9. The van der Waals surface area contributed by atoms with Crippen LogP contribution in [0, 0.1) is 0 Å². The summed E-state index contributed by atoms with van der Waals surface area (Å²) in [5.74, 6) is -1.30. The maximum Gasteiger partial charge on any atom is 0.341 e. The summed E-state index contributed by atoms with van der Waals surface area (Å²) in [6.45, 7) is -0.260. The SMILES string of the molecule is NC(N)=Nc1ccc2c(c1)CN(CC(=O)c1ccc(OCC(=O)O)cc1)C2=O. The zero-order chi connectivity index (χ0) is 20.3. The maximum absolute atomic E-state index is 12.5. The third-order valence-corrected chi connectivity index (χ3v) is 4.10. The highest BCUT2D eigenvalue weighted by molar-refractivity contribution is 6.04. The Kier molecular flexibility index (Phi) is 5.25. The van der Waals surface area contributed by atoms with Crippen LogP contribution in [0.3, 0.4) is 0 Å². The van der Waals surface area contributed by atoms with E-state index < -0.39 is 12.6 Å². The van der Waals surface area contributed by atoms with E-state index in [4.69, 9.17) is 21.3 Å². The first-order valence-electron chi connectivity index (χ1n) is 8.33. The molecule has 0 atom stereocenters. The van der Waals surface area contributed by atoms with Gasteiger partial charge in [0.2, 0.25) is 0 Å². The van der Waals surface area contributed by atoms with Gasteiger partial charge in [0.05, 0.1) is 12.2 Å². The van der Waals surface area contributed by atoms with E-state index in [1.54, 1.807) is 18.2 Å². The molecule has 1 aliphatic heterocycles. The van der Waals surface area contributed by atoms with Crippen molar-refractivity contribution in [3.8, 4) is 5.75 Å². The number of nitrogens with two attached hydrogens (primary N) is 2. The molecule has 0 bridgehead atoms. The van der Waals surface area contributed by atoms with Crippen LogP contribution in [0.1, 0.15) is 26.3 Å². The van der Waals surface area contributed by atoms with Crippen molar-refractivity contribution >= 4 is 29.3 Å². The first-order chi connectivity index (χ1) is 13.3. The first-order valence-corrected chi connectivity index (χ1v) is 8.33. The zero-order valence-corrected chi connectivity index (χ0v) is 14.8. The predicted molar refractivity (Wildman–Crippen MR) is 101 cm³/mol. The van der Waals surface area contributed by atoms with Crippen LogP contribution in [0.2, 0.25) is 0 Å². The molecule has 0 fully saturated rings. The molecule has 0 saturated carbocycles. The lowest BCUT2D eigenvalue weighted by molar-refractivity contribution is -0.139. The van der Waals surface area contributed by atoms with Crippen molar-refractivity contribution in [3.63, 3.8) is 0 Å². The van der Waals surface area contributed by atoms with Gasteiger partial charge in [0, 0.05) is 17.7 Å². The zero-order valence-electron chi connectivity index (χ0n) is 14.8. The van der Waals surface area contributed by atoms with E-state index in [0.29, 0.717) is 22.6 Å². The Morgan fingerprint density at radius 3 is 2.50 bits per heavy atom. The Hall–Kier alpha value is -3.88. The topological polar surface area (TPSA) is 148 Å². The number of carbonyl (C=O) groups excluding carboxylic acids is 2. The summed E-state index contributed by atoms with van der Waals surface area (Å²) in [6.07, 6.45) is 0. The molecule has 0 spiro atoms. The quantitative estimate of drug-likeness (QED) is 0.366. The second-order valence-corrected chi connectivity index (χ2v) is 6.17. The van der Waals surface area contributed by atoms with Crippen molar-refractivity contribution in [2.45, 2.75) is 6.54 Å². The van der Waals surface area contributed by atoms with Gasteiger partial charge in [-0.1, -0.05) is 0 Å². The number of benzene rings is 2. The molecule has 1 heterocycles. The molecular formula is C19H18N4O5. The monoisotopic (exact) mass is 382 g/mol. The predicted octanol–water partition coefficient (Wildman–Crippen LogP) is 0.894. The third kappa shape index (κ3) is 4.26. The number of amides is 1. The Morgan fingerprint density at radius 2 is 1.86 bits per heavy atom. The van der Waals surface area contributed by atoms with Crippen LogP contribution in [0.25, 0.3) is 0 Å². The van der Waals surface area contributed by atoms with Crippen LogP contribution in [-0.2, 0) is 11.3 Å². The number of fused-ring (bicyclic) bond motifs is 1. The molecule has 5 N–H and O–H groups in total. The van der Waals surface area contributed by atoms with E-state index >= 15 is 0 Å². The lowest BCUT2D eigenvalue weighted by atomic mass is 10.1. The fourth-order valence-electron chi connectivity index (χ4n) is 2.86. The number of ether oxygens (including phenoxy) is 1. The molecule has 0 aliphatic carbocycles. The Labute approximate surface area is 160 Å². The van der Waals surface area contributed by atoms with Crippen molar-refractivity contribution in [2.24, 2.45) is 16.5 Å². The van der Waals surface area contributed by atoms with Gasteiger partial charge in [0.15, 0.2) is 18.3 Å². The molecule has 144 valence electrons. The van der Waals surface area contributed by atoms with Crippen molar-refractivity contribution in [2.75, 3.05) is 13.2 Å². The van der Waals surface area contributed by atoms with Gasteiger partial charge in [-0.2, -0.15) is 0 Å². The highest BCUT2D eigenvalue weighted by Crippen LogP contribution is 2.27. The van der Waals surface area contributed by atoms with Gasteiger partial charge in [-0.3, -0.25) is 9.59 Å². The minimum atomic E-state index is -1.09. The molecule has 0 aromatic heterocycles. The number of ketones is 1. The van der Waals surface area contributed by atoms with Crippen LogP contribution >= 0.6 is 0 Å². The number of rotatable bonds is 7. The largest absolute Gasteiger partial charge is 0.482 e. The van der Waals surface area contributed by atoms with Crippen molar-refractivity contribution < 1.29 is 24.2 Å². The van der Waals surface area contributed by atoms with Crippen molar-refractivity contribution in [1.29, 1.82) is 0 Å². The second-order valence-electron chi connectivity index (χ2n) is 6.17. The fourth-order valence-corrected chi connectivity index (χ4v) is 2.86. The van der Waals surface area contributed by atoms with Crippen LogP contribution in [0.4, 0.5) is 5.69 Å². The van der Waals surface area contributed by atoms with E-state index in [2.05, 4.69) is 4.99 Å². The van der Waals surface area contributed by atoms with Gasteiger partial charge in [0.25, 0.3) is 5.91 Å². The van der Waals surface area contributed by atoms with Crippen molar-refractivity contribution in [3.05, 3.63) is 59.2 Å². The first kappa shape index (κ1) is 18.9. The molecule has 0 unspecified atom stereocenters. The number of aliphatic carboxylic acids is 1. The van der Waals surface area contributed by atoms with Gasteiger partial charge >= 0.3 is 5.97 Å². The van der Waals surface area contributed by atoms with Gasteiger partial charge in [-0.05, 0) is 48.0 Å². The molecule has 2 aromatic rings. The molecule has 0 radical (unpaired) electrons. The van der Waals surface area contributed by atoms with Crippen LogP contribution in [-0.4, -0.2) is 46.8 Å². The van der Waals surface area contributed by atoms with Crippen LogP contribution in [0.5, 0.6) is 5.75 Å². The number of Topliss-reactive ketones (excluding diaryl/α,β-unsaturated/α-hetero) is 1. The summed E-state index contributed by atoms with van der Waals surface area (Å²) in [7, 11) is 0. The summed E-state index contributed by atoms with van der Waals surface area (Å²) < 4.78 is 5.03. The molecule has 28 heavy (non-hydrogen) atoms. The summed E-state index contributed by atoms with van der Waals surface area (Å²) in [6, 6.07) is 11.1. The van der Waals surface area contributed by atoms with Gasteiger partial charge in [0.1, 0.15) is 5.75 Å². The smallest absolute Gasteiger partial charge is 0.341 e. The third-order valence-electron chi connectivity index (χ3n) is 4.10. The van der Waals surface area contributed by atoms with Crippen LogP contribution in [0.15, 0.2) is 47.5 Å². The average Bonchev–Trinajstić information content (AvgIpc) is 2.95. The van der Waals surface area contributed by atoms with E-state index in [9.17, 15) is 14.4 Å². The van der Waals surface area contributed by atoms with E-state index in [1.165, 1.54) is 29.2 Å². The minimum Gasteiger partial charge on any atom is -0.482 e. The standard InChI is InChI=1S/C19H18N4O5/c20-19(21)22-13-3-6-15-12(7-13)8-23(18(15)27)9-16(24)11-1-4-14(5-2-11)28-10-17(25)26/h1-7H,8-10H2,(H,25,26)(H4,20,21,22). The number of nitrogens with zero attached hydrogens (tertiary/aromatic N) is 2. The van der Waals surface area contributed by atoms with E-state index in [-0.39, 0.29) is 30.7 Å². The molecule has 1 amide bonds. The number of carboxylic acids is 1. The number of carboxylic acid groups (broad SMARTS) is 1. The lowest BCUT2D eigenvalue weighted by Gasteiger charge is -2.14. The highest BCUT2D eigenvalue weighted by atomic mass is 16.5. The molecular weight excluding hydrogens is 364 g/mol. The van der Waals surface area contributed by atoms with Gasteiger partial charge < -0.3 is 26.2 Å². The fraction of sp³-hybridized carbons (Fsp3) is 0.158. The molecule has 1 aliphatic rings. The average molecular weight is 382 g/mol. The van der Waals surface area contributed by atoms with Crippen LogP contribution < -0.4 is 16.2 Å². The Morgan fingerprint density at radius 1 is 1.14 bits per heavy atom. The van der Waals surface area contributed by atoms with Crippen molar-refractivity contribution in [1.82, 2.24) is 4.90 Å². The van der Waals surface area contributed by atoms with E-state index in [0.717, 1.165) is 5.56 Å². The summed E-state index contributed by atoms with van der Waals surface area (Å²) in [4.78, 5) is 40.9. The minimum absolute atomic E-state index is 0.0768. The lowest BCUT2D eigenvalue weighted by Crippen LogP contribution is -2.30. The maximum atomic E-state index is 12.5. The molecule has 9 heteroatoms. The molecule has 0 saturated heterocycles. The highest BCUT2D eigenvalue weighted by Gasteiger charge is 2.29. The number of aliphatic imine (C=N–C) groups is 1. The summed E-state index contributed by atoms with van der Waals surface area (Å²) in [5, 5.41) is 8.60. The number of carbonyl (C=O) groups is 3. The summed E-state index contributed by atoms with van der Waals surface area (Å²) >= 11 is 0. The Bertz CT molecular complexity index is 965. The molecule has 3 rings (SSSR count). The van der Waals surface area contributed by atoms with Gasteiger partial charge in [-0.15, -0.1) is 0 Å².